The van der Waals surface area contributed by atoms with E-state index in [2.05, 4.69) is 5.16 Å². The molecule has 6 heteroatoms. The number of morpholine rings is 1. The van der Waals surface area contributed by atoms with E-state index >= 15 is 0 Å². The summed E-state index contributed by atoms with van der Waals surface area (Å²) in [6, 6.07) is 10.6. The minimum absolute atomic E-state index is 0.0150. The van der Waals surface area contributed by atoms with Crippen molar-refractivity contribution in [2.45, 2.75) is 25.8 Å². The fourth-order valence-corrected chi connectivity index (χ4v) is 2.87. The number of amides is 1. The molecule has 0 bridgehead atoms. The monoisotopic (exact) mass is 328 g/mol. The molecule has 1 aromatic carbocycles. The van der Waals surface area contributed by atoms with Gasteiger partial charge in [0.2, 0.25) is 5.91 Å². The Kier molecular flexibility index (Phi) is 5.05. The zero-order chi connectivity index (χ0) is 16.9. The second-order valence-corrected chi connectivity index (χ2v) is 5.91. The van der Waals surface area contributed by atoms with Crippen LogP contribution in [0.1, 0.15) is 28.2 Å². The first-order valence-corrected chi connectivity index (χ1v) is 8.01. The van der Waals surface area contributed by atoms with Gasteiger partial charge in [-0.15, -0.1) is 0 Å². The van der Waals surface area contributed by atoms with Crippen LogP contribution in [0.4, 0.5) is 0 Å². The molecule has 2 aromatic rings. The number of carbonyl (C=O) groups excluding carboxylic acids is 2. The van der Waals surface area contributed by atoms with Crippen LogP contribution in [0.2, 0.25) is 0 Å². The maximum absolute atomic E-state index is 12.6. The lowest BCUT2D eigenvalue weighted by atomic mass is 10.0. The normalized spacial score (nSPS) is 17.7. The molecule has 3 rings (SSSR count). The second kappa shape index (κ2) is 7.40. The minimum Gasteiger partial charge on any atom is -0.377 e. The Morgan fingerprint density at radius 1 is 1.29 bits per heavy atom. The fraction of sp³-hybridized carbons (Fsp3) is 0.389. The van der Waals surface area contributed by atoms with Gasteiger partial charge in [-0.25, -0.2) is 0 Å². The molecule has 1 aliphatic rings. The zero-order valence-corrected chi connectivity index (χ0v) is 13.6. The molecule has 1 aliphatic heterocycles. The molecule has 1 unspecified atom stereocenters. The number of carbonyl (C=O) groups is 2. The highest BCUT2D eigenvalue weighted by molar-refractivity contribution is 5.96. The minimum atomic E-state index is -0.244. The Bertz CT molecular complexity index is 711. The van der Waals surface area contributed by atoms with Gasteiger partial charge in [0.15, 0.2) is 5.78 Å². The van der Waals surface area contributed by atoms with Crippen LogP contribution in [0.5, 0.6) is 0 Å². The molecule has 2 heterocycles. The molecule has 1 amide bonds. The van der Waals surface area contributed by atoms with Crippen LogP contribution in [0, 0.1) is 6.92 Å². The van der Waals surface area contributed by atoms with Crippen molar-refractivity contribution in [3.8, 4) is 0 Å². The summed E-state index contributed by atoms with van der Waals surface area (Å²) < 4.78 is 10.5. The van der Waals surface area contributed by atoms with Crippen molar-refractivity contribution in [1.29, 1.82) is 0 Å². The maximum atomic E-state index is 12.6. The van der Waals surface area contributed by atoms with Gasteiger partial charge in [-0.1, -0.05) is 35.5 Å². The largest absolute Gasteiger partial charge is 0.377 e. The lowest BCUT2D eigenvalue weighted by Gasteiger charge is -2.35. The Hall–Kier alpha value is -2.47. The highest BCUT2D eigenvalue weighted by Crippen LogP contribution is 2.16. The number of nitrogens with zero attached hydrogens (tertiary/aromatic N) is 2. The van der Waals surface area contributed by atoms with Crippen molar-refractivity contribution >= 4 is 11.7 Å². The molecule has 126 valence electrons. The molecule has 0 saturated carbocycles. The van der Waals surface area contributed by atoms with E-state index in [-0.39, 0.29) is 30.6 Å². The highest BCUT2D eigenvalue weighted by Gasteiger charge is 2.29. The standard InChI is InChI=1S/C18H20N2O4/c1-13-9-15(19-24-13)10-18(22)20-7-8-23-12-16(20)11-17(21)14-5-3-2-4-6-14/h2-6,9,16H,7-8,10-12H2,1H3. The number of Topliss-reactive ketones (excluding diaryl/α,β-unsaturated/α-hetero) is 1. The molecule has 1 atom stereocenters. The van der Waals surface area contributed by atoms with Crippen LogP contribution < -0.4 is 0 Å². The number of aromatic nitrogens is 1. The third-order valence-corrected chi connectivity index (χ3v) is 4.07. The average molecular weight is 328 g/mol. The molecule has 0 N–H and O–H groups in total. The van der Waals surface area contributed by atoms with E-state index in [1.807, 2.05) is 18.2 Å². The van der Waals surface area contributed by atoms with Gasteiger partial charge in [0.05, 0.1) is 31.4 Å². The van der Waals surface area contributed by atoms with Crippen molar-refractivity contribution < 1.29 is 18.8 Å². The van der Waals surface area contributed by atoms with Crippen molar-refractivity contribution in [3.05, 3.63) is 53.4 Å². The number of rotatable bonds is 5. The lowest BCUT2D eigenvalue weighted by molar-refractivity contribution is -0.139. The predicted octanol–water partition coefficient (Wildman–Crippen LogP) is 2.03. The molecular formula is C18H20N2O4. The summed E-state index contributed by atoms with van der Waals surface area (Å²) in [5.74, 6) is 0.634. The maximum Gasteiger partial charge on any atom is 0.229 e. The van der Waals surface area contributed by atoms with Gasteiger partial charge in [-0.2, -0.15) is 0 Å². The topological polar surface area (TPSA) is 72.6 Å². The first-order chi connectivity index (χ1) is 11.6. The van der Waals surface area contributed by atoms with E-state index in [1.54, 1.807) is 30.0 Å². The van der Waals surface area contributed by atoms with Crippen LogP contribution in [0.15, 0.2) is 40.9 Å². The predicted molar refractivity (Wildman–Crippen MR) is 86.7 cm³/mol. The van der Waals surface area contributed by atoms with Gasteiger partial charge in [0.25, 0.3) is 0 Å². The summed E-state index contributed by atoms with van der Waals surface area (Å²) in [6.07, 6.45) is 0.432. The van der Waals surface area contributed by atoms with Crippen LogP contribution in [0.3, 0.4) is 0 Å². The first-order valence-electron chi connectivity index (χ1n) is 8.01. The van der Waals surface area contributed by atoms with Crippen molar-refractivity contribution in [3.63, 3.8) is 0 Å². The molecule has 1 saturated heterocycles. The van der Waals surface area contributed by atoms with Crippen LogP contribution >= 0.6 is 0 Å². The van der Waals surface area contributed by atoms with Gasteiger partial charge in [-0.3, -0.25) is 9.59 Å². The Morgan fingerprint density at radius 3 is 2.79 bits per heavy atom. The Morgan fingerprint density at radius 2 is 2.08 bits per heavy atom. The van der Waals surface area contributed by atoms with E-state index < -0.39 is 0 Å². The molecule has 1 fully saturated rings. The summed E-state index contributed by atoms with van der Waals surface area (Å²) in [7, 11) is 0. The summed E-state index contributed by atoms with van der Waals surface area (Å²) in [5.41, 5.74) is 1.26. The summed E-state index contributed by atoms with van der Waals surface area (Å²) >= 11 is 0. The fourth-order valence-electron chi connectivity index (χ4n) is 2.87. The molecule has 0 aliphatic carbocycles. The van der Waals surface area contributed by atoms with E-state index in [9.17, 15) is 9.59 Å². The summed E-state index contributed by atoms with van der Waals surface area (Å²) in [4.78, 5) is 26.7. The van der Waals surface area contributed by atoms with E-state index in [0.29, 0.717) is 36.8 Å². The first kappa shape index (κ1) is 16.4. The Labute approximate surface area is 140 Å². The number of hydrogen-bond acceptors (Lipinski definition) is 5. The molecule has 0 spiro atoms. The second-order valence-electron chi connectivity index (χ2n) is 5.91. The van der Waals surface area contributed by atoms with E-state index in [1.165, 1.54) is 0 Å². The number of ether oxygens (including phenoxy) is 1. The number of benzene rings is 1. The third kappa shape index (κ3) is 3.89. The van der Waals surface area contributed by atoms with Crippen LogP contribution in [0.25, 0.3) is 0 Å². The number of aryl methyl sites for hydroxylation is 1. The van der Waals surface area contributed by atoms with Gasteiger partial charge in [-0.05, 0) is 6.92 Å². The highest BCUT2D eigenvalue weighted by atomic mass is 16.5. The van der Waals surface area contributed by atoms with Gasteiger partial charge >= 0.3 is 0 Å². The number of hydrogen-bond donors (Lipinski definition) is 0. The SMILES string of the molecule is Cc1cc(CC(=O)N2CCOCC2CC(=O)c2ccccc2)no1. The molecule has 0 radical (unpaired) electrons. The molecule has 1 aromatic heterocycles. The molecule has 24 heavy (non-hydrogen) atoms. The van der Waals surface area contributed by atoms with Crippen molar-refractivity contribution in [2.24, 2.45) is 0 Å². The third-order valence-electron chi connectivity index (χ3n) is 4.07. The van der Waals surface area contributed by atoms with Gasteiger partial charge in [0.1, 0.15) is 5.76 Å². The zero-order valence-electron chi connectivity index (χ0n) is 13.6. The Balaban J connectivity index is 1.66. The van der Waals surface area contributed by atoms with Crippen molar-refractivity contribution in [1.82, 2.24) is 10.1 Å². The number of ketones is 1. The van der Waals surface area contributed by atoms with Crippen LogP contribution in [-0.2, 0) is 16.0 Å². The van der Waals surface area contributed by atoms with E-state index in [0.717, 1.165) is 0 Å². The molecule has 6 nitrogen and oxygen atoms in total. The van der Waals surface area contributed by atoms with Crippen LogP contribution in [-0.4, -0.2) is 47.5 Å². The lowest BCUT2D eigenvalue weighted by Crippen LogP contribution is -2.50. The summed E-state index contributed by atoms with van der Waals surface area (Å²) in [6.45, 7) is 3.14. The van der Waals surface area contributed by atoms with E-state index in [4.69, 9.17) is 9.26 Å². The van der Waals surface area contributed by atoms with Gasteiger partial charge < -0.3 is 14.2 Å². The van der Waals surface area contributed by atoms with Crippen molar-refractivity contribution in [2.75, 3.05) is 19.8 Å². The quantitative estimate of drug-likeness (QED) is 0.785. The average Bonchev–Trinajstić information content (AvgIpc) is 3.01. The molecular weight excluding hydrogens is 308 g/mol. The smallest absolute Gasteiger partial charge is 0.229 e. The summed E-state index contributed by atoms with van der Waals surface area (Å²) in [5, 5.41) is 3.86. The van der Waals surface area contributed by atoms with Gasteiger partial charge in [0, 0.05) is 24.6 Å².